The van der Waals surface area contributed by atoms with Gasteiger partial charge in [0.25, 0.3) is 5.91 Å². The van der Waals surface area contributed by atoms with Crippen LogP contribution in [0.2, 0.25) is 0 Å². The Morgan fingerprint density at radius 3 is 2.71 bits per heavy atom. The van der Waals surface area contributed by atoms with Crippen molar-refractivity contribution >= 4 is 26.7 Å². The van der Waals surface area contributed by atoms with Crippen LogP contribution in [0.5, 0.6) is 11.5 Å². The van der Waals surface area contributed by atoms with E-state index in [1.807, 2.05) is 20.8 Å². The molecule has 0 radical (unpaired) electrons. The van der Waals surface area contributed by atoms with Gasteiger partial charge in [0, 0.05) is 23.2 Å². The minimum Gasteiger partial charge on any atom is -0.487 e. The van der Waals surface area contributed by atoms with Crippen molar-refractivity contribution in [3.05, 3.63) is 33.2 Å². The summed E-state index contributed by atoms with van der Waals surface area (Å²) in [7, 11) is -3.09. The van der Waals surface area contributed by atoms with Gasteiger partial charge in [-0.05, 0) is 52.5 Å². The van der Waals surface area contributed by atoms with E-state index in [9.17, 15) is 18.0 Å². The van der Waals surface area contributed by atoms with Crippen molar-refractivity contribution in [1.82, 2.24) is 5.32 Å². The number of carbonyl (C=O) groups excluding carboxylic acids is 1. The number of aryl methyl sites for hydroxylation is 2. The number of amides is 1. The summed E-state index contributed by atoms with van der Waals surface area (Å²) in [6.45, 7) is 7.20. The molecule has 1 fully saturated rings. The number of nitrogens with one attached hydrogen (secondary N) is 1. The molecule has 0 spiro atoms. The van der Waals surface area contributed by atoms with Crippen LogP contribution in [-0.2, 0) is 21.1 Å². The molecule has 1 saturated heterocycles. The highest BCUT2D eigenvalue weighted by Gasteiger charge is 2.32. The molecule has 0 aliphatic carbocycles. The van der Waals surface area contributed by atoms with E-state index in [1.165, 1.54) is 0 Å². The maximum atomic E-state index is 12.4. The Balaban J connectivity index is 1.66. The standard InChI is InChI=1S/C22H27NO7S/c1-12-13(2)21(25)29-20-15-5-7-22(3,4)30-16(15)9-17(19(12)20)28-10-18(24)23-14-6-8-31(26,27)11-14/h9,14H,5-8,10-11H2,1-4H3,(H,23,24). The van der Waals surface area contributed by atoms with Crippen molar-refractivity contribution in [3.63, 3.8) is 0 Å². The molecule has 0 saturated carbocycles. The van der Waals surface area contributed by atoms with Crippen LogP contribution in [0, 0.1) is 13.8 Å². The van der Waals surface area contributed by atoms with Crippen LogP contribution in [-0.4, -0.2) is 44.1 Å². The van der Waals surface area contributed by atoms with Gasteiger partial charge in [0.15, 0.2) is 16.4 Å². The lowest BCUT2D eigenvalue weighted by molar-refractivity contribution is -0.123. The van der Waals surface area contributed by atoms with Crippen molar-refractivity contribution in [1.29, 1.82) is 0 Å². The van der Waals surface area contributed by atoms with Gasteiger partial charge < -0.3 is 19.2 Å². The van der Waals surface area contributed by atoms with Crippen molar-refractivity contribution in [3.8, 4) is 11.5 Å². The second kappa shape index (κ2) is 7.55. The zero-order valence-electron chi connectivity index (χ0n) is 18.2. The van der Waals surface area contributed by atoms with Gasteiger partial charge in [-0.2, -0.15) is 0 Å². The Labute approximate surface area is 180 Å². The third-order valence-corrected chi connectivity index (χ3v) is 7.83. The number of rotatable bonds is 4. The van der Waals surface area contributed by atoms with Gasteiger partial charge in [0.05, 0.1) is 16.9 Å². The first-order valence-corrected chi connectivity index (χ1v) is 12.2. The molecule has 2 aromatic rings. The molecule has 1 N–H and O–H groups in total. The van der Waals surface area contributed by atoms with Crippen molar-refractivity contribution < 1.29 is 27.1 Å². The van der Waals surface area contributed by atoms with Crippen LogP contribution < -0.4 is 20.4 Å². The third kappa shape index (κ3) is 4.28. The molecule has 168 valence electrons. The molecule has 1 amide bonds. The second-order valence-corrected chi connectivity index (χ2v) is 11.2. The van der Waals surface area contributed by atoms with E-state index in [-0.39, 0.29) is 23.7 Å². The highest BCUT2D eigenvalue weighted by atomic mass is 32.2. The lowest BCUT2D eigenvalue weighted by Crippen LogP contribution is -2.38. The van der Waals surface area contributed by atoms with E-state index in [0.717, 1.165) is 17.5 Å². The topological polar surface area (TPSA) is 112 Å². The first-order valence-electron chi connectivity index (χ1n) is 10.4. The molecule has 8 nitrogen and oxygen atoms in total. The van der Waals surface area contributed by atoms with Crippen molar-refractivity contribution in [2.45, 2.75) is 58.6 Å². The average molecular weight is 450 g/mol. The summed E-state index contributed by atoms with van der Waals surface area (Å²) in [6, 6.07) is 1.35. The highest BCUT2D eigenvalue weighted by molar-refractivity contribution is 7.91. The van der Waals surface area contributed by atoms with Gasteiger partial charge in [-0.1, -0.05) is 0 Å². The monoisotopic (exact) mass is 449 g/mol. The number of sulfone groups is 1. The Morgan fingerprint density at radius 1 is 1.29 bits per heavy atom. The van der Waals surface area contributed by atoms with E-state index in [1.54, 1.807) is 13.0 Å². The fourth-order valence-electron chi connectivity index (χ4n) is 4.17. The first kappa shape index (κ1) is 21.7. The molecule has 1 aromatic heterocycles. The molecule has 2 aliphatic rings. The Kier molecular flexibility index (Phi) is 5.28. The maximum Gasteiger partial charge on any atom is 0.339 e. The molecule has 9 heteroatoms. The molecule has 1 unspecified atom stereocenters. The largest absolute Gasteiger partial charge is 0.487 e. The summed E-state index contributed by atoms with van der Waals surface area (Å²) in [4.78, 5) is 24.7. The summed E-state index contributed by atoms with van der Waals surface area (Å²) in [5, 5.41) is 3.36. The van der Waals surface area contributed by atoms with Gasteiger partial charge in [0.1, 0.15) is 22.7 Å². The zero-order valence-corrected chi connectivity index (χ0v) is 19.0. The van der Waals surface area contributed by atoms with Gasteiger partial charge in [0.2, 0.25) is 0 Å². The van der Waals surface area contributed by atoms with Crippen LogP contribution in [0.15, 0.2) is 15.3 Å². The summed E-state index contributed by atoms with van der Waals surface area (Å²) in [6.07, 6.45) is 1.88. The average Bonchev–Trinajstić information content (AvgIpc) is 3.01. The molecule has 2 aliphatic heterocycles. The molecule has 1 aromatic carbocycles. The number of hydrogen-bond donors (Lipinski definition) is 1. The van der Waals surface area contributed by atoms with Crippen molar-refractivity contribution in [2.24, 2.45) is 0 Å². The second-order valence-electron chi connectivity index (χ2n) is 9.01. The molecular weight excluding hydrogens is 422 g/mol. The van der Waals surface area contributed by atoms with Crippen molar-refractivity contribution in [2.75, 3.05) is 18.1 Å². The molecule has 31 heavy (non-hydrogen) atoms. The number of hydrogen-bond acceptors (Lipinski definition) is 7. The lowest BCUT2D eigenvalue weighted by Gasteiger charge is -2.33. The van der Waals surface area contributed by atoms with E-state index >= 15 is 0 Å². The molecule has 1 atom stereocenters. The summed E-state index contributed by atoms with van der Waals surface area (Å²) in [5.41, 5.74) is 1.69. The number of ether oxygens (including phenoxy) is 2. The predicted molar refractivity (Wildman–Crippen MR) is 116 cm³/mol. The van der Waals surface area contributed by atoms with Crippen LogP contribution in [0.1, 0.15) is 43.4 Å². The van der Waals surface area contributed by atoms with Crippen LogP contribution in [0.4, 0.5) is 0 Å². The minimum atomic E-state index is -3.09. The quantitative estimate of drug-likeness (QED) is 0.712. The Bertz CT molecular complexity index is 1230. The minimum absolute atomic E-state index is 0.0487. The SMILES string of the molecule is Cc1c(C)c2c(OCC(=O)NC3CCS(=O)(=O)C3)cc3c(c2oc1=O)CCC(C)(C)O3. The van der Waals surface area contributed by atoms with E-state index in [0.29, 0.717) is 40.9 Å². The van der Waals surface area contributed by atoms with E-state index < -0.39 is 27.4 Å². The number of fused-ring (bicyclic) bond motifs is 3. The fraction of sp³-hybridized carbons (Fsp3) is 0.545. The molecule has 4 rings (SSSR count). The number of carbonyl (C=O) groups is 1. The van der Waals surface area contributed by atoms with E-state index in [2.05, 4.69) is 5.32 Å². The van der Waals surface area contributed by atoms with Crippen LogP contribution in [0.3, 0.4) is 0 Å². The van der Waals surface area contributed by atoms with Gasteiger partial charge >= 0.3 is 5.63 Å². The predicted octanol–water partition coefficient (Wildman–Crippen LogP) is 2.20. The highest BCUT2D eigenvalue weighted by Crippen LogP contribution is 2.43. The zero-order chi connectivity index (χ0) is 22.6. The van der Waals surface area contributed by atoms with Gasteiger partial charge in [-0.3, -0.25) is 4.79 Å². The summed E-state index contributed by atoms with van der Waals surface area (Å²) >= 11 is 0. The third-order valence-electron chi connectivity index (χ3n) is 6.07. The lowest BCUT2D eigenvalue weighted by atomic mass is 9.92. The van der Waals surface area contributed by atoms with E-state index in [4.69, 9.17) is 13.9 Å². The summed E-state index contributed by atoms with van der Waals surface area (Å²) in [5.74, 6) is 0.602. The molecule has 0 bridgehead atoms. The Morgan fingerprint density at radius 2 is 2.03 bits per heavy atom. The first-order chi connectivity index (χ1) is 14.5. The van der Waals surface area contributed by atoms with Crippen LogP contribution >= 0.6 is 0 Å². The number of benzene rings is 1. The maximum absolute atomic E-state index is 12.4. The van der Waals surface area contributed by atoms with Gasteiger partial charge in [-0.15, -0.1) is 0 Å². The molecular formula is C22H27NO7S. The smallest absolute Gasteiger partial charge is 0.339 e. The normalized spacial score (nSPS) is 21.4. The summed E-state index contributed by atoms with van der Waals surface area (Å²) < 4.78 is 40.8. The van der Waals surface area contributed by atoms with Crippen LogP contribution in [0.25, 0.3) is 11.0 Å². The molecule has 3 heterocycles. The van der Waals surface area contributed by atoms with Gasteiger partial charge in [-0.25, -0.2) is 13.2 Å². The Hall–Kier alpha value is -2.55. The fourth-order valence-corrected chi connectivity index (χ4v) is 5.84.